The van der Waals surface area contributed by atoms with Gasteiger partial charge in [-0.1, -0.05) is 25.1 Å². The lowest BCUT2D eigenvalue weighted by Crippen LogP contribution is -2.42. The van der Waals surface area contributed by atoms with Gasteiger partial charge in [0.05, 0.1) is 5.25 Å². The number of hydrogen-bond donors (Lipinski definition) is 2. The smallest absolute Gasteiger partial charge is 0.233 e. The Labute approximate surface area is 131 Å². The summed E-state index contributed by atoms with van der Waals surface area (Å²) in [6.45, 7) is 2.34. The summed E-state index contributed by atoms with van der Waals surface area (Å²) in [4.78, 5) is 13.6. The molecular formula is C17H25NO2S. The monoisotopic (exact) mass is 307 g/mol. The molecule has 1 amide bonds. The first kappa shape index (κ1) is 16.4. The van der Waals surface area contributed by atoms with Crippen LogP contribution in [0.3, 0.4) is 0 Å². The van der Waals surface area contributed by atoms with Crippen LogP contribution in [-0.4, -0.2) is 28.9 Å². The first-order valence-electron chi connectivity index (χ1n) is 7.85. The molecule has 3 nitrogen and oxygen atoms in total. The zero-order valence-electron chi connectivity index (χ0n) is 12.6. The number of aliphatic hydroxyl groups is 1. The Bertz CT molecular complexity index is 430. The Morgan fingerprint density at radius 3 is 2.52 bits per heavy atom. The molecule has 0 aromatic heterocycles. The molecule has 1 saturated carbocycles. The van der Waals surface area contributed by atoms with Gasteiger partial charge in [0, 0.05) is 17.5 Å². The molecule has 1 atom stereocenters. The van der Waals surface area contributed by atoms with Crippen LogP contribution in [0.25, 0.3) is 0 Å². The van der Waals surface area contributed by atoms with E-state index in [1.54, 1.807) is 11.8 Å². The van der Waals surface area contributed by atoms with Crippen LogP contribution in [0.5, 0.6) is 0 Å². The molecule has 2 N–H and O–H groups in total. The van der Waals surface area contributed by atoms with Crippen LogP contribution >= 0.6 is 11.8 Å². The summed E-state index contributed by atoms with van der Waals surface area (Å²) in [7, 11) is 0. The average Bonchev–Trinajstić information content (AvgIpc) is 2.54. The van der Waals surface area contributed by atoms with E-state index in [0.717, 1.165) is 37.0 Å². The molecule has 0 spiro atoms. The maximum Gasteiger partial charge on any atom is 0.233 e. The number of thioether (sulfide) groups is 1. The van der Waals surface area contributed by atoms with Gasteiger partial charge in [0.1, 0.15) is 0 Å². The SMILES string of the molecule is CCC(Sc1ccccc1)C(=O)NC1CCC(CO)CC1. The molecule has 0 aliphatic heterocycles. The summed E-state index contributed by atoms with van der Waals surface area (Å²) in [5, 5.41) is 12.3. The van der Waals surface area contributed by atoms with Gasteiger partial charge in [-0.3, -0.25) is 4.79 Å². The lowest BCUT2D eigenvalue weighted by atomic mass is 9.86. The first-order valence-corrected chi connectivity index (χ1v) is 8.73. The summed E-state index contributed by atoms with van der Waals surface area (Å²) >= 11 is 1.64. The highest BCUT2D eigenvalue weighted by atomic mass is 32.2. The van der Waals surface area contributed by atoms with Crippen molar-refractivity contribution in [1.82, 2.24) is 5.32 Å². The third kappa shape index (κ3) is 5.04. The van der Waals surface area contributed by atoms with E-state index in [1.807, 2.05) is 30.3 Å². The van der Waals surface area contributed by atoms with Gasteiger partial charge < -0.3 is 10.4 Å². The highest BCUT2D eigenvalue weighted by molar-refractivity contribution is 8.00. The zero-order chi connectivity index (χ0) is 15.1. The minimum atomic E-state index is -0.0250. The Morgan fingerprint density at radius 1 is 1.29 bits per heavy atom. The molecule has 0 saturated heterocycles. The lowest BCUT2D eigenvalue weighted by Gasteiger charge is -2.29. The van der Waals surface area contributed by atoms with Crippen LogP contribution in [0, 0.1) is 5.92 Å². The van der Waals surface area contributed by atoms with Gasteiger partial charge in [-0.05, 0) is 50.2 Å². The summed E-state index contributed by atoms with van der Waals surface area (Å²) in [5.74, 6) is 0.581. The summed E-state index contributed by atoms with van der Waals surface area (Å²) in [5.41, 5.74) is 0. The van der Waals surface area contributed by atoms with Crippen LogP contribution in [0.4, 0.5) is 0 Å². The molecule has 0 heterocycles. The van der Waals surface area contributed by atoms with Gasteiger partial charge in [0.25, 0.3) is 0 Å². The Hall–Kier alpha value is -1.00. The minimum absolute atomic E-state index is 0.0250. The number of aliphatic hydroxyl groups excluding tert-OH is 1. The van der Waals surface area contributed by atoms with Crippen molar-refractivity contribution in [3.8, 4) is 0 Å². The van der Waals surface area contributed by atoms with Crippen LogP contribution in [0.2, 0.25) is 0 Å². The topological polar surface area (TPSA) is 49.3 Å². The van der Waals surface area contributed by atoms with Crippen molar-refractivity contribution >= 4 is 17.7 Å². The maximum atomic E-state index is 12.4. The van der Waals surface area contributed by atoms with Crippen molar-refractivity contribution in [3.05, 3.63) is 30.3 Å². The molecule has 4 heteroatoms. The van der Waals surface area contributed by atoms with E-state index in [1.165, 1.54) is 0 Å². The van der Waals surface area contributed by atoms with Gasteiger partial charge in [0.15, 0.2) is 0 Å². The minimum Gasteiger partial charge on any atom is -0.396 e. The molecule has 0 bridgehead atoms. The molecule has 1 fully saturated rings. The largest absolute Gasteiger partial charge is 0.396 e. The molecule has 0 radical (unpaired) electrons. The maximum absolute atomic E-state index is 12.4. The number of benzene rings is 1. The molecule has 1 aliphatic rings. The number of nitrogens with one attached hydrogen (secondary N) is 1. The second kappa shape index (κ2) is 8.44. The number of hydrogen-bond acceptors (Lipinski definition) is 3. The van der Waals surface area contributed by atoms with E-state index in [9.17, 15) is 4.79 Å². The van der Waals surface area contributed by atoms with E-state index >= 15 is 0 Å². The van der Waals surface area contributed by atoms with E-state index in [2.05, 4.69) is 12.2 Å². The van der Waals surface area contributed by atoms with Crippen molar-refractivity contribution in [2.24, 2.45) is 5.92 Å². The Morgan fingerprint density at radius 2 is 1.95 bits per heavy atom. The Balaban J connectivity index is 1.83. The van der Waals surface area contributed by atoms with Gasteiger partial charge in [-0.25, -0.2) is 0 Å². The Kier molecular flexibility index (Phi) is 6.58. The van der Waals surface area contributed by atoms with E-state index in [0.29, 0.717) is 5.92 Å². The number of amides is 1. The van der Waals surface area contributed by atoms with Crippen molar-refractivity contribution in [2.75, 3.05) is 6.61 Å². The first-order chi connectivity index (χ1) is 10.2. The highest BCUT2D eigenvalue weighted by Crippen LogP contribution is 2.27. The van der Waals surface area contributed by atoms with Crippen molar-refractivity contribution in [2.45, 2.75) is 55.2 Å². The van der Waals surface area contributed by atoms with Crippen molar-refractivity contribution < 1.29 is 9.90 Å². The third-order valence-electron chi connectivity index (χ3n) is 4.14. The molecule has 2 rings (SSSR count). The summed E-state index contributed by atoms with van der Waals surface area (Å²) in [6, 6.07) is 10.4. The van der Waals surface area contributed by atoms with Crippen LogP contribution in [0.15, 0.2) is 35.2 Å². The molecule has 1 aliphatic carbocycles. The van der Waals surface area contributed by atoms with Gasteiger partial charge in [0.2, 0.25) is 5.91 Å². The second-order valence-electron chi connectivity index (χ2n) is 5.74. The molecular weight excluding hydrogens is 282 g/mol. The molecule has 21 heavy (non-hydrogen) atoms. The molecule has 116 valence electrons. The fourth-order valence-corrected chi connectivity index (χ4v) is 3.75. The lowest BCUT2D eigenvalue weighted by molar-refractivity contribution is -0.121. The van der Waals surface area contributed by atoms with Crippen LogP contribution in [0.1, 0.15) is 39.0 Å². The predicted molar refractivity (Wildman–Crippen MR) is 87.4 cm³/mol. The van der Waals surface area contributed by atoms with Crippen LogP contribution in [-0.2, 0) is 4.79 Å². The van der Waals surface area contributed by atoms with E-state index < -0.39 is 0 Å². The molecule has 1 aromatic rings. The number of carbonyl (C=O) groups excluding carboxylic acids is 1. The summed E-state index contributed by atoms with van der Waals surface area (Å²) in [6.07, 6.45) is 4.85. The molecule has 1 aromatic carbocycles. The van der Waals surface area contributed by atoms with Crippen molar-refractivity contribution in [1.29, 1.82) is 0 Å². The quantitative estimate of drug-likeness (QED) is 0.793. The third-order valence-corrected chi connectivity index (χ3v) is 5.51. The fraction of sp³-hybridized carbons (Fsp3) is 0.588. The summed E-state index contributed by atoms with van der Waals surface area (Å²) < 4.78 is 0. The van der Waals surface area contributed by atoms with Crippen LogP contribution < -0.4 is 5.32 Å². The second-order valence-corrected chi connectivity index (χ2v) is 7.01. The fourth-order valence-electron chi connectivity index (χ4n) is 2.77. The zero-order valence-corrected chi connectivity index (χ0v) is 13.4. The van der Waals surface area contributed by atoms with Gasteiger partial charge in [-0.15, -0.1) is 11.8 Å². The molecule has 1 unspecified atom stereocenters. The highest BCUT2D eigenvalue weighted by Gasteiger charge is 2.25. The van der Waals surface area contributed by atoms with E-state index in [-0.39, 0.29) is 23.8 Å². The standard InChI is InChI=1S/C17H25NO2S/c1-2-16(21-15-6-4-3-5-7-15)17(20)18-14-10-8-13(12-19)9-11-14/h3-7,13-14,16,19H,2,8-12H2,1H3,(H,18,20). The van der Waals surface area contributed by atoms with Gasteiger partial charge >= 0.3 is 0 Å². The normalized spacial score (nSPS) is 23.5. The predicted octanol–water partition coefficient (Wildman–Crippen LogP) is 3.22. The van der Waals surface area contributed by atoms with Gasteiger partial charge in [-0.2, -0.15) is 0 Å². The number of rotatable bonds is 6. The average molecular weight is 307 g/mol. The number of carbonyl (C=O) groups is 1. The van der Waals surface area contributed by atoms with E-state index in [4.69, 9.17) is 5.11 Å². The van der Waals surface area contributed by atoms with Crippen molar-refractivity contribution in [3.63, 3.8) is 0 Å².